The number of carbonyl (C=O) groups is 4. The van der Waals surface area contributed by atoms with Crippen LogP contribution in [-0.4, -0.2) is 53.6 Å². The van der Waals surface area contributed by atoms with Crippen LogP contribution in [0.5, 0.6) is 0 Å². The molecule has 0 spiro atoms. The second kappa shape index (κ2) is 11.6. The third kappa shape index (κ3) is 7.45. The fourth-order valence-electron chi connectivity index (χ4n) is 4.05. The quantitative estimate of drug-likeness (QED) is 0.547. The van der Waals surface area contributed by atoms with Crippen molar-refractivity contribution in [1.82, 2.24) is 10.2 Å². The Kier molecular flexibility index (Phi) is 8.81. The smallest absolute Gasteiger partial charge is 0.410 e. The zero-order chi connectivity index (χ0) is 27.3. The molecule has 1 aliphatic rings. The van der Waals surface area contributed by atoms with Crippen LogP contribution in [-0.2, 0) is 36.8 Å². The molecule has 1 aliphatic heterocycles. The number of nitrogens with one attached hydrogen (secondary N) is 2. The fraction of sp³-hybridized carbons (Fsp3) is 0.407. The number of esters is 1. The van der Waals surface area contributed by atoms with E-state index in [1.165, 1.54) is 12.0 Å². The van der Waals surface area contributed by atoms with E-state index in [-0.39, 0.29) is 13.0 Å². The molecule has 0 radical (unpaired) electrons. The van der Waals surface area contributed by atoms with Crippen molar-refractivity contribution in [2.75, 3.05) is 12.4 Å². The first-order chi connectivity index (χ1) is 17.4. The molecule has 2 aromatic carbocycles. The molecule has 2 aromatic rings. The average Bonchev–Trinajstić information content (AvgIpc) is 2.83. The zero-order valence-corrected chi connectivity index (χ0v) is 22.3. The van der Waals surface area contributed by atoms with Gasteiger partial charge in [0.1, 0.15) is 17.7 Å². The van der Waals surface area contributed by atoms with Gasteiger partial charge in [-0.2, -0.15) is 0 Å². The lowest BCUT2D eigenvalue weighted by Gasteiger charge is -2.35. The number of fused-ring (bicyclic) bond motifs is 1. The van der Waals surface area contributed by atoms with Crippen molar-refractivity contribution in [2.24, 2.45) is 0 Å². The first-order valence-corrected chi connectivity index (χ1v) is 12.3. The van der Waals surface area contributed by atoms with E-state index < -0.39 is 48.0 Å². The van der Waals surface area contributed by atoms with Gasteiger partial charge in [0, 0.05) is 17.1 Å². The number of aryl methyl sites for hydroxylation is 1. The lowest BCUT2D eigenvalue weighted by atomic mass is 9.93. The number of hydrogen-bond acceptors (Lipinski definition) is 6. The second-order valence-electron chi connectivity index (χ2n) is 9.89. The fourth-order valence-corrected chi connectivity index (χ4v) is 4.16. The number of hydrogen-bond donors (Lipinski definition) is 2. The minimum absolute atomic E-state index is 0.175. The van der Waals surface area contributed by atoms with Crippen molar-refractivity contribution >= 4 is 41.2 Å². The molecule has 0 fully saturated rings. The molecule has 0 aromatic heterocycles. The molecule has 198 valence electrons. The predicted octanol–water partition coefficient (Wildman–Crippen LogP) is 4.00. The third-order valence-corrected chi connectivity index (χ3v) is 6.23. The van der Waals surface area contributed by atoms with E-state index in [1.807, 2.05) is 24.3 Å². The maximum absolute atomic E-state index is 13.5. The van der Waals surface area contributed by atoms with Gasteiger partial charge >= 0.3 is 12.1 Å². The lowest BCUT2D eigenvalue weighted by molar-refractivity contribution is -0.156. The topological polar surface area (TPSA) is 114 Å². The van der Waals surface area contributed by atoms with Gasteiger partial charge in [-0.05, 0) is 62.6 Å². The Labute approximate surface area is 221 Å². The number of carbonyl (C=O) groups excluding carboxylic acids is 4. The molecule has 0 unspecified atom stereocenters. The van der Waals surface area contributed by atoms with E-state index in [9.17, 15) is 19.2 Å². The van der Waals surface area contributed by atoms with Crippen LogP contribution in [0, 0.1) is 6.92 Å². The van der Waals surface area contributed by atoms with Crippen LogP contribution in [0.15, 0.2) is 42.5 Å². The SMILES string of the molecule is COC(=O)N1Cc2ccccc2C[C@H]1C(=O)N[C@@H](CC(=O)OC(C)(C)C)C(=O)Nc1ccc(Cl)c(C)c1. The van der Waals surface area contributed by atoms with Gasteiger partial charge in [0.05, 0.1) is 20.1 Å². The van der Waals surface area contributed by atoms with Crippen LogP contribution < -0.4 is 10.6 Å². The minimum atomic E-state index is -1.25. The molecule has 0 aliphatic carbocycles. The van der Waals surface area contributed by atoms with Crippen LogP contribution in [0.25, 0.3) is 0 Å². The van der Waals surface area contributed by atoms with Crippen molar-refractivity contribution in [3.8, 4) is 0 Å². The number of ether oxygens (including phenoxy) is 2. The Balaban J connectivity index is 1.84. The van der Waals surface area contributed by atoms with E-state index in [2.05, 4.69) is 10.6 Å². The van der Waals surface area contributed by atoms with Gasteiger partial charge in [0.15, 0.2) is 0 Å². The highest BCUT2D eigenvalue weighted by Gasteiger charge is 2.37. The summed E-state index contributed by atoms with van der Waals surface area (Å²) in [7, 11) is 1.24. The van der Waals surface area contributed by atoms with Crippen LogP contribution in [0.3, 0.4) is 0 Å². The summed E-state index contributed by atoms with van der Waals surface area (Å²) in [6, 6.07) is 10.2. The maximum atomic E-state index is 13.5. The van der Waals surface area contributed by atoms with Crippen LogP contribution in [0.2, 0.25) is 5.02 Å². The van der Waals surface area contributed by atoms with Gasteiger partial charge < -0.3 is 20.1 Å². The highest BCUT2D eigenvalue weighted by atomic mass is 35.5. The van der Waals surface area contributed by atoms with Gasteiger partial charge in [-0.1, -0.05) is 35.9 Å². The highest BCUT2D eigenvalue weighted by molar-refractivity contribution is 6.31. The Morgan fingerprint density at radius 2 is 1.78 bits per heavy atom. The number of rotatable bonds is 6. The minimum Gasteiger partial charge on any atom is -0.460 e. The second-order valence-corrected chi connectivity index (χ2v) is 10.3. The first-order valence-electron chi connectivity index (χ1n) is 11.9. The van der Waals surface area contributed by atoms with E-state index in [1.54, 1.807) is 45.9 Å². The molecule has 0 saturated heterocycles. The van der Waals surface area contributed by atoms with Crippen molar-refractivity contribution in [3.05, 3.63) is 64.2 Å². The average molecular weight is 530 g/mol. The van der Waals surface area contributed by atoms with Crippen LogP contribution in [0.1, 0.15) is 43.9 Å². The Bertz CT molecular complexity index is 1190. The molecular weight excluding hydrogens is 498 g/mol. The van der Waals surface area contributed by atoms with Crippen molar-refractivity contribution in [1.29, 1.82) is 0 Å². The summed E-state index contributed by atoms with van der Waals surface area (Å²) in [6.07, 6.45) is -0.837. The van der Waals surface area contributed by atoms with E-state index in [0.717, 1.165) is 16.7 Å². The number of nitrogens with zero attached hydrogens (tertiary/aromatic N) is 1. The maximum Gasteiger partial charge on any atom is 0.410 e. The molecule has 3 amide bonds. The molecule has 9 nitrogen and oxygen atoms in total. The molecule has 10 heteroatoms. The molecule has 0 saturated carbocycles. The summed E-state index contributed by atoms with van der Waals surface area (Å²) in [5.41, 5.74) is 2.25. The largest absolute Gasteiger partial charge is 0.460 e. The van der Waals surface area contributed by atoms with Gasteiger partial charge in [-0.15, -0.1) is 0 Å². The summed E-state index contributed by atoms with van der Waals surface area (Å²) >= 11 is 6.08. The third-order valence-electron chi connectivity index (χ3n) is 5.81. The number of methoxy groups -OCH3 is 1. The van der Waals surface area contributed by atoms with E-state index in [0.29, 0.717) is 10.7 Å². The standard InChI is InChI=1S/C27H32ClN3O6/c1-16-12-19(10-11-20(16)28)29-24(33)21(14-23(32)37-27(2,3)4)30-25(34)22-13-17-8-6-7-9-18(17)15-31(22)26(35)36-5/h6-12,21-22H,13-15H2,1-5H3,(H,29,33)(H,30,34)/t21-,22-/m0/s1. The molecule has 0 bridgehead atoms. The van der Waals surface area contributed by atoms with Crippen LogP contribution >= 0.6 is 11.6 Å². The molecule has 2 N–H and O–H groups in total. The molecule has 3 rings (SSSR count). The summed E-state index contributed by atoms with van der Waals surface area (Å²) in [5, 5.41) is 5.92. The van der Waals surface area contributed by atoms with Crippen LogP contribution in [0.4, 0.5) is 10.5 Å². The van der Waals surface area contributed by atoms with Gasteiger partial charge in [0.25, 0.3) is 0 Å². The van der Waals surface area contributed by atoms with Crippen molar-refractivity contribution in [2.45, 2.75) is 64.8 Å². The molecule has 2 atom stereocenters. The highest BCUT2D eigenvalue weighted by Crippen LogP contribution is 2.25. The molecule has 37 heavy (non-hydrogen) atoms. The van der Waals surface area contributed by atoms with Gasteiger partial charge in [0.2, 0.25) is 11.8 Å². The van der Waals surface area contributed by atoms with Gasteiger partial charge in [-0.25, -0.2) is 4.79 Å². The van der Waals surface area contributed by atoms with Gasteiger partial charge in [-0.3, -0.25) is 19.3 Å². The summed E-state index contributed by atoms with van der Waals surface area (Å²) in [5.74, 6) is -1.85. The number of anilines is 1. The Morgan fingerprint density at radius 1 is 1.11 bits per heavy atom. The first kappa shape index (κ1) is 28.0. The molecule has 1 heterocycles. The Hall–Kier alpha value is -3.59. The Morgan fingerprint density at radius 3 is 2.41 bits per heavy atom. The molecular formula is C27H32ClN3O6. The summed E-state index contributed by atoms with van der Waals surface area (Å²) in [4.78, 5) is 53.1. The summed E-state index contributed by atoms with van der Waals surface area (Å²) < 4.78 is 10.3. The van der Waals surface area contributed by atoms with Crippen molar-refractivity contribution < 1.29 is 28.7 Å². The predicted molar refractivity (Wildman–Crippen MR) is 139 cm³/mol. The van der Waals surface area contributed by atoms with E-state index >= 15 is 0 Å². The number of amides is 3. The summed E-state index contributed by atoms with van der Waals surface area (Å²) in [6.45, 7) is 7.10. The normalized spacial score (nSPS) is 15.7. The van der Waals surface area contributed by atoms with E-state index in [4.69, 9.17) is 21.1 Å². The zero-order valence-electron chi connectivity index (χ0n) is 21.6. The monoisotopic (exact) mass is 529 g/mol. The number of halogens is 1. The lowest BCUT2D eigenvalue weighted by Crippen LogP contribution is -2.56. The number of benzene rings is 2. The van der Waals surface area contributed by atoms with Crippen molar-refractivity contribution in [3.63, 3.8) is 0 Å².